The van der Waals surface area contributed by atoms with E-state index in [0.29, 0.717) is 11.4 Å². The normalized spacial score (nSPS) is 12.2. The second-order valence-electron chi connectivity index (χ2n) is 7.88. The van der Waals surface area contributed by atoms with Gasteiger partial charge in [-0.25, -0.2) is 9.97 Å². The number of ether oxygens (including phenoxy) is 1. The second-order valence-corrected chi connectivity index (χ2v) is 7.88. The Hall–Kier alpha value is -2.18. The quantitative estimate of drug-likeness (QED) is 0.695. The summed E-state index contributed by atoms with van der Waals surface area (Å²) in [5.41, 5.74) is -0.257. The third-order valence-corrected chi connectivity index (χ3v) is 3.39. The highest BCUT2D eigenvalue weighted by Crippen LogP contribution is 2.29. The van der Waals surface area contributed by atoms with Crippen LogP contribution in [-0.2, 0) is 17.0 Å². The highest BCUT2D eigenvalue weighted by Gasteiger charge is 2.31. The predicted molar refractivity (Wildman–Crippen MR) is 95.2 cm³/mol. The lowest BCUT2D eigenvalue weighted by molar-refractivity contribution is -0.137. The molecule has 0 radical (unpaired) electrons. The van der Waals surface area contributed by atoms with Gasteiger partial charge in [-0.3, -0.25) is 4.98 Å². The van der Waals surface area contributed by atoms with Crippen LogP contribution in [0.3, 0.4) is 0 Å². The lowest BCUT2D eigenvalue weighted by Crippen LogP contribution is -2.15. The molecule has 4 nitrogen and oxygen atoms in total. The Balaban J connectivity index is 0.000000263. The highest BCUT2D eigenvalue weighted by atomic mass is 19.4. The maximum absolute atomic E-state index is 12.2. The fourth-order valence-corrected chi connectivity index (χ4v) is 1.81. The molecule has 2 aromatic rings. The van der Waals surface area contributed by atoms with E-state index in [1.807, 2.05) is 20.8 Å². The summed E-state index contributed by atoms with van der Waals surface area (Å²) < 4.78 is 41.5. The van der Waals surface area contributed by atoms with E-state index in [-0.39, 0.29) is 10.8 Å². The van der Waals surface area contributed by atoms with Crippen LogP contribution >= 0.6 is 0 Å². The lowest BCUT2D eigenvalue weighted by Gasteiger charge is -2.17. The summed E-state index contributed by atoms with van der Waals surface area (Å²) in [4.78, 5) is 12.2. The highest BCUT2D eigenvalue weighted by molar-refractivity contribution is 5.21. The fourth-order valence-electron chi connectivity index (χ4n) is 1.81. The Kier molecular flexibility index (Phi) is 6.74. The molecular formula is C19H26F3N3O. The van der Waals surface area contributed by atoms with Gasteiger partial charge in [0.2, 0.25) is 0 Å². The standard InChI is InChI=1S/C10H12F3N.C9H14N2O/c1-9(2,3)8-5-4-7(6-14-8)10(11,12)13;1-9(2,3)8-10-5-7(12-4)6-11-8/h4-6H,1-3H3;5-6H,1-4H3. The summed E-state index contributed by atoms with van der Waals surface area (Å²) >= 11 is 0. The first-order valence-electron chi connectivity index (χ1n) is 8.15. The maximum atomic E-state index is 12.2. The molecule has 2 aromatic heterocycles. The Morgan fingerprint density at radius 1 is 0.769 bits per heavy atom. The summed E-state index contributed by atoms with van der Waals surface area (Å²) in [5.74, 6) is 1.53. The smallest absolute Gasteiger partial charge is 0.417 e. The van der Waals surface area contributed by atoms with Crippen LogP contribution in [0.2, 0.25) is 0 Å². The van der Waals surface area contributed by atoms with E-state index in [1.54, 1.807) is 19.5 Å². The molecule has 0 amide bonds. The molecule has 0 atom stereocenters. The molecule has 0 saturated heterocycles. The van der Waals surface area contributed by atoms with Gasteiger partial charge in [-0.1, -0.05) is 41.5 Å². The molecule has 0 saturated carbocycles. The van der Waals surface area contributed by atoms with Gasteiger partial charge >= 0.3 is 6.18 Å². The number of alkyl halides is 3. The van der Waals surface area contributed by atoms with E-state index < -0.39 is 11.7 Å². The first kappa shape index (κ1) is 21.9. The number of halogens is 3. The molecule has 2 heterocycles. The zero-order valence-corrected chi connectivity index (χ0v) is 16.3. The number of nitrogens with zero attached hydrogens (tertiary/aromatic N) is 3. The number of rotatable bonds is 1. The van der Waals surface area contributed by atoms with E-state index >= 15 is 0 Å². The maximum Gasteiger partial charge on any atom is 0.417 e. The number of methoxy groups -OCH3 is 1. The van der Waals surface area contributed by atoms with Gasteiger partial charge in [-0.05, 0) is 12.1 Å². The zero-order valence-electron chi connectivity index (χ0n) is 16.3. The van der Waals surface area contributed by atoms with Crippen molar-refractivity contribution in [2.24, 2.45) is 0 Å². The van der Waals surface area contributed by atoms with Gasteiger partial charge in [0.05, 0.1) is 25.1 Å². The predicted octanol–water partition coefficient (Wildman–Crippen LogP) is 5.18. The molecule has 0 spiro atoms. The van der Waals surface area contributed by atoms with Gasteiger partial charge in [0.15, 0.2) is 5.75 Å². The van der Waals surface area contributed by atoms with E-state index in [9.17, 15) is 13.2 Å². The summed E-state index contributed by atoms with van der Waals surface area (Å²) in [6.07, 6.45) is -0.0504. The van der Waals surface area contributed by atoms with Gasteiger partial charge in [0.25, 0.3) is 0 Å². The van der Waals surface area contributed by atoms with Crippen LogP contribution in [0.4, 0.5) is 13.2 Å². The molecular weight excluding hydrogens is 343 g/mol. The van der Waals surface area contributed by atoms with Gasteiger partial charge in [-0.15, -0.1) is 0 Å². The molecule has 26 heavy (non-hydrogen) atoms. The monoisotopic (exact) mass is 369 g/mol. The van der Waals surface area contributed by atoms with Gasteiger partial charge < -0.3 is 4.74 Å². The molecule has 0 aromatic carbocycles. The van der Waals surface area contributed by atoms with Crippen molar-refractivity contribution in [2.75, 3.05) is 7.11 Å². The topological polar surface area (TPSA) is 47.9 Å². The van der Waals surface area contributed by atoms with E-state index in [4.69, 9.17) is 4.74 Å². The SMILES string of the molecule is CC(C)(C)c1ccc(C(F)(F)F)cn1.COc1cnc(C(C)(C)C)nc1. The van der Waals surface area contributed by atoms with Crippen LogP contribution in [0.1, 0.15) is 58.6 Å². The molecule has 0 aliphatic carbocycles. The summed E-state index contributed by atoms with van der Waals surface area (Å²) in [6, 6.07) is 2.48. The van der Waals surface area contributed by atoms with E-state index in [1.165, 1.54) is 6.07 Å². The lowest BCUT2D eigenvalue weighted by atomic mass is 9.91. The minimum absolute atomic E-state index is 0.00622. The van der Waals surface area contributed by atoms with Crippen molar-refractivity contribution in [2.45, 2.75) is 58.5 Å². The average molecular weight is 369 g/mol. The number of pyridine rings is 1. The number of aromatic nitrogens is 3. The van der Waals surface area contributed by atoms with Crippen molar-refractivity contribution in [1.82, 2.24) is 15.0 Å². The van der Waals surface area contributed by atoms with E-state index in [0.717, 1.165) is 18.1 Å². The Labute approximate surface area is 152 Å². The van der Waals surface area contributed by atoms with Crippen LogP contribution in [0.15, 0.2) is 30.7 Å². The minimum atomic E-state index is -4.30. The van der Waals surface area contributed by atoms with Crippen LogP contribution in [0.25, 0.3) is 0 Å². The third-order valence-electron chi connectivity index (χ3n) is 3.39. The molecule has 0 N–H and O–H groups in total. The summed E-state index contributed by atoms with van der Waals surface area (Å²) in [6.45, 7) is 12.0. The molecule has 144 valence electrons. The van der Waals surface area contributed by atoms with Crippen molar-refractivity contribution in [3.8, 4) is 5.75 Å². The molecule has 2 rings (SSSR count). The zero-order chi connectivity index (χ0) is 20.2. The first-order valence-corrected chi connectivity index (χ1v) is 8.15. The number of hydrogen-bond donors (Lipinski definition) is 0. The van der Waals surface area contributed by atoms with E-state index in [2.05, 4.69) is 35.7 Å². The van der Waals surface area contributed by atoms with Crippen LogP contribution in [0, 0.1) is 0 Å². The average Bonchev–Trinajstić information content (AvgIpc) is 2.53. The molecule has 0 fully saturated rings. The van der Waals surface area contributed by atoms with Gasteiger partial charge in [-0.2, -0.15) is 13.2 Å². The van der Waals surface area contributed by atoms with Gasteiger partial charge in [0, 0.05) is 22.7 Å². The van der Waals surface area contributed by atoms with Crippen LogP contribution < -0.4 is 4.74 Å². The third kappa shape index (κ3) is 6.61. The van der Waals surface area contributed by atoms with Crippen molar-refractivity contribution >= 4 is 0 Å². The molecule has 0 bridgehead atoms. The van der Waals surface area contributed by atoms with Crippen molar-refractivity contribution in [3.05, 3.63) is 47.8 Å². The molecule has 0 aliphatic heterocycles. The number of hydrogen-bond acceptors (Lipinski definition) is 4. The van der Waals surface area contributed by atoms with Crippen molar-refractivity contribution < 1.29 is 17.9 Å². The first-order chi connectivity index (χ1) is 11.7. The second kappa shape index (κ2) is 8.01. The van der Waals surface area contributed by atoms with Crippen LogP contribution in [-0.4, -0.2) is 22.1 Å². The van der Waals surface area contributed by atoms with Crippen molar-refractivity contribution in [3.63, 3.8) is 0 Å². The minimum Gasteiger partial charge on any atom is -0.494 e. The Bertz CT molecular complexity index is 649. The molecule has 7 heteroatoms. The van der Waals surface area contributed by atoms with Gasteiger partial charge in [0.1, 0.15) is 5.82 Å². The Morgan fingerprint density at radius 2 is 1.31 bits per heavy atom. The fraction of sp³-hybridized carbons (Fsp3) is 0.526. The van der Waals surface area contributed by atoms with Crippen molar-refractivity contribution in [1.29, 1.82) is 0 Å². The molecule has 0 unspecified atom stereocenters. The summed E-state index contributed by atoms with van der Waals surface area (Å²) in [5, 5.41) is 0. The molecule has 0 aliphatic rings. The van der Waals surface area contributed by atoms with Crippen LogP contribution in [0.5, 0.6) is 5.75 Å². The largest absolute Gasteiger partial charge is 0.494 e. The summed E-state index contributed by atoms with van der Waals surface area (Å²) in [7, 11) is 1.61. The Morgan fingerprint density at radius 3 is 1.62 bits per heavy atom.